The first kappa shape index (κ1) is 13.6. The molecule has 0 aliphatic rings. The first-order valence-electron chi connectivity index (χ1n) is 6.50. The number of rotatable bonds is 4. The van der Waals surface area contributed by atoms with Crippen molar-refractivity contribution < 1.29 is 9.90 Å². The van der Waals surface area contributed by atoms with Crippen molar-refractivity contribution in [2.75, 3.05) is 11.9 Å². The summed E-state index contributed by atoms with van der Waals surface area (Å²) in [5.74, 6) is -0.268. The molecule has 1 aromatic carbocycles. The zero-order chi connectivity index (χ0) is 14.8. The van der Waals surface area contributed by atoms with Crippen LogP contribution in [-0.4, -0.2) is 23.1 Å². The van der Waals surface area contributed by atoms with Crippen LogP contribution < -0.4 is 4.90 Å². The summed E-state index contributed by atoms with van der Waals surface area (Å²) in [6.45, 7) is 0.702. The van der Waals surface area contributed by atoms with Crippen LogP contribution in [0.15, 0.2) is 47.2 Å². The molecule has 106 valence electrons. The van der Waals surface area contributed by atoms with Crippen molar-refractivity contribution in [2.24, 2.45) is 0 Å². The monoisotopic (exact) mass is 298 g/mol. The van der Waals surface area contributed by atoms with E-state index in [0.29, 0.717) is 23.3 Å². The summed E-state index contributed by atoms with van der Waals surface area (Å²) >= 11 is 1.65. The highest BCUT2D eigenvalue weighted by Gasteiger charge is 2.13. The smallest absolute Gasteiger partial charge is 0.336 e. The van der Waals surface area contributed by atoms with Crippen molar-refractivity contribution >= 4 is 34.0 Å². The molecule has 0 aliphatic heterocycles. The van der Waals surface area contributed by atoms with Gasteiger partial charge < -0.3 is 10.0 Å². The fraction of sp³-hybridized carbons (Fsp3) is 0.125. The molecule has 0 atom stereocenters. The number of anilines is 1. The number of benzene rings is 1. The molecule has 0 amide bonds. The summed E-state index contributed by atoms with van der Waals surface area (Å²) in [5.41, 5.74) is 2.17. The average Bonchev–Trinajstić information content (AvgIpc) is 2.98. The van der Waals surface area contributed by atoms with Crippen LogP contribution in [0.3, 0.4) is 0 Å². The van der Waals surface area contributed by atoms with Crippen molar-refractivity contribution in [3.05, 3.63) is 58.3 Å². The van der Waals surface area contributed by atoms with Gasteiger partial charge in [-0.15, -0.1) is 0 Å². The summed E-state index contributed by atoms with van der Waals surface area (Å²) < 4.78 is 0. The van der Waals surface area contributed by atoms with E-state index in [1.807, 2.05) is 35.5 Å². The minimum Gasteiger partial charge on any atom is -0.478 e. The summed E-state index contributed by atoms with van der Waals surface area (Å²) in [5, 5.41) is 14.2. The van der Waals surface area contributed by atoms with Crippen molar-refractivity contribution in [1.82, 2.24) is 4.98 Å². The fourth-order valence-corrected chi connectivity index (χ4v) is 2.93. The van der Waals surface area contributed by atoms with Gasteiger partial charge in [-0.25, -0.2) is 9.78 Å². The molecule has 0 saturated carbocycles. The Bertz CT molecular complexity index is 784. The van der Waals surface area contributed by atoms with Crippen LogP contribution in [0.1, 0.15) is 15.9 Å². The molecule has 0 saturated heterocycles. The lowest BCUT2D eigenvalue weighted by molar-refractivity contribution is 0.0699. The Morgan fingerprint density at radius 2 is 2.14 bits per heavy atom. The number of pyridine rings is 1. The molecule has 3 rings (SSSR count). The Kier molecular flexibility index (Phi) is 3.58. The molecule has 0 fully saturated rings. The van der Waals surface area contributed by atoms with Gasteiger partial charge in [0.05, 0.1) is 11.1 Å². The van der Waals surface area contributed by atoms with E-state index >= 15 is 0 Å². The third-order valence-corrected chi connectivity index (χ3v) is 4.06. The minimum atomic E-state index is -0.932. The molecular formula is C16H14N2O2S. The number of thiophene rings is 1. The van der Waals surface area contributed by atoms with Gasteiger partial charge in [0.1, 0.15) is 5.82 Å². The second-order valence-corrected chi connectivity index (χ2v) is 5.62. The minimum absolute atomic E-state index is 0.285. The number of aromatic nitrogens is 1. The van der Waals surface area contributed by atoms with Gasteiger partial charge in [-0.3, -0.25) is 0 Å². The number of carboxylic acid groups (broad SMARTS) is 1. The Labute approximate surface area is 126 Å². The van der Waals surface area contributed by atoms with E-state index in [0.717, 1.165) is 0 Å². The standard InChI is InChI=1S/C16H14N2O2S/c1-18(9-11-6-7-21-10-11)15-8-13(16(19)20)12-4-2-3-5-14(12)17-15/h2-8,10H,9H2,1H3,(H,19,20). The van der Waals surface area contributed by atoms with Crippen LogP contribution >= 0.6 is 11.3 Å². The maximum absolute atomic E-state index is 11.5. The highest BCUT2D eigenvalue weighted by molar-refractivity contribution is 7.07. The van der Waals surface area contributed by atoms with Gasteiger partial charge in [-0.2, -0.15) is 11.3 Å². The molecular weight excluding hydrogens is 284 g/mol. The Morgan fingerprint density at radius 3 is 2.86 bits per heavy atom. The summed E-state index contributed by atoms with van der Waals surface area (Å²) in [7, 11) is 1.92. The maximum atomic E-state index is 11.5. The molecule has 0 spiro atoms. The molecule has 0 bridgehead atoms. The molecule has 0 unspecified atom stereocenters. The van der Waals surface area contributed by atoms with Crippen molar-refractivity contribution in [1.29, 1.82) is 0 Å². The normalized spacial score (nSPS) is 10.7. The van der Waals surface area contributed by atoms with E-state index in [1.165, 1.54) is 5.56 Å². The largest absolute Gasteiger partial charge is 0.478 e. The van der Waals surface area contributed by atoms with Crippen LogP contribution in [0.4, 0.5) is 5.82 Å². The molecule has 3 aromatic rings. The van der Waals surface area contributed by atoms with Gasteiger partial charge in [0.15, 0.2) is 0 Å². The predicted molar refractivity (Wildman–Crippen MR) is 85.1 cm³/mol. The van der Waals surface area contributed by atoms with Crippen molar-refractivity contribution in [3.8, 4) is 0 Å². The van der Waals surface area contributed by atoms with Gasteiger partial charge in [0, 0.05) is 19.0 Å². The van der Waals surface area contributed by atoms with E-state index in [1.54, 1.807) is 23.5 Å². The van der Waals surface area contributed by atoms with Gasteiger partial charge >= 0.3 is 5.97 Å². The van der Waals surface area contributed by atoms with Crippen molar-refractivity contribution in [3.63, 3.8) is 0 Å². The van der Waals surface area contributed by atoms with Crippen LogP contribution in [0.2, 0.25) is 0 Å². The highest BCUT2D eigenvalue weighted by Crippen LogP contribution is 2.23. The lowest BCUT2D eigenvalue weighted by Gasteiger charge is -2.18. The second-order valence-electron chi connectivity index (χ2n) is 4.84. The molecule has 5 heteroatoms. The molecule has 21 heavy (non-hydrogen) atoms. The van der Waals surface area contributed by atoms with Gasteiger partial charge in [0.25, 0.3) is 0 Å². The number of fused-ring (bicyclic) bond motifs is 1. The van der Waals surface area contributed by atoms with Crippen LogP contribution in [-0.2, 0) is 6.54 Å². The number of para-hydroxylation sites is 1. The van der Waals surface area contributed by atoms with Crippen LogP contribution in [0, 0.1) is 0 Å². The molecule has 4 nitrogen and oxygen atoms in total. The number of hydrogen-bond donors (Lipinski definition) is 1. The topological polar surface area (TPSA) is 53.4 Å². The third-order valence-electron chi connectivity index (χ3n) is 3.32. The quantitative estimate of drug-likeness (QED) is 0.799. The zero-order valence-corrected chi connectivity index (χ0v) is 12.3. The van der Waals surface area contributed by atoms with Crippen LogP contribution in [0.5, 0.6) is 0 Å². The summed E-state index contributed by atoms with van der Waals surface area (Å²) in [6.07, 6.45) is 0. The Morgan fingerprint density at radius 1 is 1.33 bits per heavy atom. The highest BCUT2D eigenvalue weighted by atomic mass is 32.1. The first-order valence-corrected chi connectivity index (χ1v) is 7.45. The summed E-state index contributed by atoms with van der Waals surface area (Å²) in [4.78, 5) is 18.0. The molecule has 0 aliphatic carbocycles. The van der Waals surface area contributed by atoms with E-state index in [-0.39, 0.29) is 5.56 Å². The van der Waals surface area contributed by atoms with Gasteiger partial charge in [-0.1, -0.05) is 18.2 Å². The Balaban J connectivity index is 2.04. The summed E-state index contributed by atoms with van der Waals surface area (Å²) in [6, 6.07) is 11.0. The molecule has 0 radical (unpaired) electrons. The molecule has 2 heterocycles. The lowest BCUT2D eigenvalue weighted by atomic mass is 10.1. The number of aromatic carboxylic acids is 1. The maximum Gasteiger partial charge on any atom is 0.336 e. The van der Waals surface area contributed by atoms with Crippen molar-refractivity contribution in [2.45, 2.75) is 6.54 Å². The van der Waals surface area contributed by atoms with E-state index < -0.39 is 5.97 Å². The molecule has 2 aromatic heterocycles. The zero-order valence-electron chi connectivity index (χ0n) is 11.5. The Hall–Kier alpha value is -2.40. The number of hydrogen-bond acceptors (Lipinski definition) is 4. The van der Waals surface area contributed by atoms with Gasteiger partial charge in [-0.05, 0) is 34.5 Å². The van der Waals surface area contributed by atoms with Crippen LogP contribution in [0.25, 0.3) is 10.9 Å². The van der Waals surface area contributed by atoms with E-state index in [4.69, 9.17) is 0 Å². The second kappa shape index (κ2) is 5.54. The number of carbonyl (C=O) groups is 1. The van der Waals surface area contributed by atoms with E-state index in [9.17, 15) is 9.90 Å². The number of carboxylic acids is 1. The van der Waals surface area contributed by atoms with Gasteiger partial charge in [0.2, 0.25) is 0 Å². The number of nitrogens with zero attached hydrogens (tertiary/aromatic N) is 2. The average molecular weight is 298 g/mol. The fourth-order valence-electron chi connectivity index (χ4n) is 2.27. The molecule has 1 N–H and O–H groups in total. The third kappa shape index (κ3) is 2.73. The first-order chi connectivity index (χ1) is 10.1. The SMILES string of the molecule is CN(Cc1ccsc1)c1cc(C(=O)O)c2ccccc2n1. The van der Waals surface area contributed by atoms with E-state index in [2.05, 4.69) is 16.4 Å². The lowest BCUT2D eigenvalue weighted by Crippen LogP contribution is -2.18. The predicted octanol–water partition coefficient (Wildman–Crippen LogP) is 3.63.